The van der Waals surface area contributed by atoms with Crippen molar-refractivity contribution >= 4 is 22.5 Å². The third kappa shape index (κ3) is 4.20. The zero-order valence-corrected chi connectivity index (χ0v) is 16.9. The van der Waals surface area contributed by atoms with Gasteiger partial charge in [-0.05, 0) is 35.2 Å². The van der Waals surface area contributed by atoms with Crippen LogP contribution in [0.2, 0.25) is 0 Å². The molecule has 0 amide bonds. The molecular weight excluding hydrogens is 358 g/mol. The molecule has 3 heterocycles. The van der Waals surface area contributed by atoms with Crippen molar-refractivity contribution in [3.05, 3.63) is 60.3 Å². The number of benzene rings is 2. The molecule has 3 aromatic rings. The molecule has 5 rings (SSSR count). The predicted octanol–water partition coefficient (Wildman–Crippen LogP) is 4.31. The molecule has 0 aliphatic carbocycles. The Hall–Kier alpha value is -2.66. The number of nitrogens with zero attached hydrogens (tertiary/aromatic N) is 4. The topological polar surface area (TPSA) is 44.3 Å². The minimum atomic E-state index is 0.421. The third-order valence-electron chi connectivity index (χ3n) is 6.14. The Balaban J connectivity index is 1.18. The second-order valence-electron chi connectivity index (χ2n) is 8.31. The highest BCUT2D eigenvalue weighted by molar-refractivity contribution is 5.85. The summed E-state index contributed by atoms with van der Waals surface area (Å²) in [4.78, 5) is 14.2. The lowest BCUT2D eigenvalue weighted by molar-refractivity contribution is 0.153. The molecule has 2 aliphatic rings. The van der Waals surface area contributed by atoms with Gasteiger partial charge in [0.1, 0.15) is 5.82 Å². The molecule has 2 fully saturated rings. The maximum absolute atomic E-state index is 4.80. The number of fused-ring (bicyclic) bond motifs is 1. The van der Waals surface area contributed by atoms with E-state index in [4.69, 9.17) is 4.98 Å². The van der Waals surface area contributed by atoms with Crippen molar-refractivity contribution in [2.45, 2.75) is 38.3 Å². The minimum Gasteiger partial charge on any atom is -0.356 e. The van der Waals surface area contributed by atoms with Crippen molar-refractivity contribution in [1.29, 1.82) is 0 Å². The van der Waals surface area contributed by atoms with Crippen LogP contribution in [0.25, 0.3) is 10.8 Å². The monoisotopic (exact) mass is 387 g/mol. The second-order valence-corrected chi connectivity index (χ2v) is 8.31. The number of likely N-dealkylation sites (tertiary alicyclic amines) is 1. The van der Waals surface area contributed by atoms with Crippen LogP contribution >= 0.6 is 0 Å². The van der Waals surface area contributed by atoms with Gasteiger partial charge in [0.15, 0.2) is 0 Å². The SMILES string of the molecule is c1ccc2c(CN3CC(Nc4nccc(N5CCCCCC5)n4)C3)cccc2c1. The highest BCUT2D eigenvalue weighted by atomic mass is 15.3. The van der Waals surface area contributed by atoms with Crippen molar-refractivity contribution in [3.63, 3.8) is 0 Å². The lowest BCUT2D eigenvalue weighted by atomic mass is 10.0. The summed E-state index contributed by atoms with van der Waals surface area (Å²) in [7, 11) is 0. The molecule has 150 valence electrons. The molecule has 0 radical (unpaired) electrons. The van der Waals surface area contributed by atoms with Gasteiger partial charge in [-0.25, -0.2) is 4.98 Å². The Morgan fingerprint density at radius 3 is 2.55 bits per heavy atom. The number of hydrogen-bond donors (Lipinski definition) is 1. The fourth-order valence-corrected chi connectivity index (χ4v) is 4.54. The first-order chi connectivity index (χ1) is 14.3. The first-order valence-electron chi connectivity index (χ1n) is 10.9. The lowest BCUT2D eigenvalue weighted by Gasteiger charge is -2.39. The first kappa shape index (κ1) is 18.4. The summed E-state index contributed by atoms with van der Waals surface area (Å²) < 4.78 is 0. The van der Waals surface area contributed by atoms with Crippen molar-refractivity contribution in [2.75, 3.05) is 36.4 Å². The molecule has 5 heteroatoms. The Morgan fingerprint density at radius 1 is 0.897 bits per heavy atom. The van der Waals surface area contributed by atoms with Crippen molar-refractivity contribution < 1.29 is 0 Å². The fourth-order valence-electron chi connectivity index (χ4n) is 4.54. The summed E-state index contributed by atoms with van der Waals surface area (Å²) in [6.45, 7) is 5.27. The Bertz CT molecular complexity index is 953. The third-order valence-corrected chi connectivity index (χ3v) is 6.14. The van der Waals surface area contributed by atoms with E-state index in [0.717, 1.165) is 44.5 Å². The molecule has 0 atom stereocenters. The van der Waals surface area contributed by atoms with Gasteiger partial charge in [-0.2, -0.15) is 4.98 Å². The van der Waals surface area contributed by atoms with Crippen LogP contribution < -0.4 is 10.2 Å². The Morgan fingerprint density at radius 2 is 1.69 bits per heavy atom. The number of nitrogens with one attached hydrogen (secondary N) is 1. The van der Waals surface area contributed by atoms with Crippen LogP contribution in [0.15, 0.2) is 54.7 Å². The molecule has 2 saturated heterocycles. The summed E-state index contributed by atoms with van der Waals surface area (Å²) in [6, 6.07) is 17.7. The van der Waals surface area contributed by atoms with E-state index in [0.29, 0.717) is 6.04 Å². The largest absolute Gasteiger partial charge is 0.356 e. The smallest absolute Gasteiger partial charge is 0.224 e. The van der Waals surface area contributed by atoms with E-state index >= 15 is 0 Å². The van der Waals surface area contributed by atoms with Gasteiger partial charge in [0.2, 0.25) is 5.95 Å². The summed E-state index contributed by atoms with van der Waals surface area (Å²) in [5, 5.41) is 6.22. The van der Waals surface area contributed by atoms with Gasteiger partial charge < -0.3 is 10.2 Å². The summed E-state index contributed by atoms with van der Waals surface area (Å²) in [5.41, 5.74) is 1.40. The quantitative estimate of drug-likeness (QED) is 0.707. The van der Waals surface area contributed by atoms with Crippen LogP contribution in [0.4, 0.5) is 11.8 Å². The van der Waals surface area contributed by atoms with E-state index in [1.165, 1.54) is 42.0 Å². The average molecular weight is 388 g/mol. The number of hydrogen-bond acceptors (Lipinski definition) is 5. The molecule has 2 aromatic carbocycles. The standard InChI is InChI=1S/C24H29N5/c1-2-6-15-29(14-5-1)23-12-13-25-24(27-23)26-21-17-28(18-21)16-20-10-7-9-19-8-3-4-11-22(19)20/h3-4,7-13,21H,1-2,5-6,14-18H2,(H,25,26,27). The maximum Gasteiger partial charge on any atom is 0.224 e. The highest BCUT2D eigenvalue weighted by Crippen LogP contribution is 2.23. The Kier molecular flexibility index (Phi) is 5.31. The van der Waals surface area contributed by atoms with Crippen LogP contribution in [0, 0.1) is 0 Å². The van der Waals surface area contributed by atoms with Crippen molar-refractivity contribution in [1.82, 2.24) is 14.9 Å². The molecule has 0 bridgehead atoms. The molecule has 29 heavy (non-hydrogen) atoms. The van der Waals surface area contributed by atoms with Gasteiger partial charge in [-0.15, -0.1) is 0 Å². The van der Waals surface area contributed by atoms with E-state index < -0.39 is 0 Å². The number of rotatable bonds is 5. The van der Waals surface area contributed by atoms with Crippen LogP contribution in [0.1, 0.15) is 31.2 Å². The van der Waals surface area contributed by atoms with Crippen LogP contribution in [0.3, 0.4) is 0 Å². The van der Waals surface area contributed by atoms with Gasteiger partial charge >= 0.3 is 0 Å². The van der Waals surface area contributed by atoms with Gasteiger partial charge in [-0.3, -0.25) is 4.90 Å². The molecule has 0 unspecified atom stereocenters. The van der Waals surface area contributed by atoms with E-state index in [2.05, 4.69) is 62.6 Å². The first-order valence-corrected chi connectivity index (χ1v) is 10.9. The summed E-state index contributed by atoms with van der Waals surface area (Å²) >= 11 is 0. The van der Waals surface area contributed by atoms with Crippen LogP contribution in [-0.2, 0) is 6.54 Å². The summed E-state index contributed by atoms with van der Waals surface area (Å²) in [5.74, 6) is 1.83. The normalized spacial score (nSPS) is 18.4. The fraction of sp³-hybridized carbons (Fsp3) is 0.417. The lowest BCUT2D eigenvalue weighted by Crippen LogP contribution is -2.54. The van der Waals surface area contributed by atoms with Crippen molar-refractivity contribution in [3.8, 4) is 0 Å². The average Bonchev–Trinajstić information content (AvgIpc) is 3.02. The predicted molar refractivity (Wildman–Crippen MR) is 119 cm³/mol. The van der Waals surface area contributed by atoms with Crippen LogP contribution in [-0.4, -0.2) is 47.1 Å². The van der Waals surface area contributed by atoms with E-state index in [1.807, 2.05) is 12.3 Å². The molecule has 0 saturated carbocycles. The van der Waals surface area contributed by atoms with E-state index in [-0.39, 0.29) is 0 Å². The van der Waals surface area contributed by atoms with E-state index in [1.54, 1.807) is 0 Å². The van der Waals surface area contributed by atoms with Gasteiger partial charge in [0, 0.05) is 38.9 Å². The molecule has 1 aromatic heterocycles. The zero-order valence-electron chi connectivity index (χ0n) is 16.9. The van der Waals surface area contributed by atoms with E-state index in [9.17, 15) is 0 Å². The molecular formula is C24H29N5. The van der Waals surface area contributed by atoms with Crippen LogP contribution in [0.5, 0.6) is 0 Å². The van der Waals surface area contributed by atoms with Crippen molar-refractivity contribution in [2.24, 2.45) is 0 Å². The Labute approximate surface area is 172 Å². The molecule has 0 spiro atoms. The maximum atomic E-state index is 4.80. The highest BCUT2D eigenvalue weighted by Gasteiger charge is 2.27. The molecule has 5 nitrogen and oxygen atoms in total. The number of aromatic nitrogens is 2. The molecule has 2 aliphatic heterocycles. The number of anilines is 2. The van der Waals surface area contributed by atoms with Gasteiger partial charge in [-0.1, -0.05) is 55.3 Å². The van der Waals surface area contributed by atoms with Gasteiger partial charge in [0.05, 0.1) is 6.04 Å². The molecule has 1 N–H and O–H groups in total. The second kappa shape index (κ2) is 8.37. The minimum absolute atomic E-state index is 0.421. The zero-order chi connectivity index (χ0) is 19.5. The van der Waals surface area contributed by atoms with Gasteiger partial charge in [0.25, 0.3) is 0 Å². The summed E-state index contributed by atoms with van der Waals surface area (Å²) in [6.07, 6.45) is 7.09.